The molecule has 29 heavy (non-hydrogen) atoms. The predicted molar refractivity (Wildman–Crippen MR) is 108 cm³/mol. The van der Waals surface area contributed by atoms with Crippen molar-refractivity contribution in [3.8, 4) is 5.75 Å². The molecule has 4 atom stereocenters. The molecule has 0 heterocycles. The fourth-order valence-corrected chi connectivity index (χ4v) is 4.93. The molecule has 0 radical (unpaired) electrons. The van der Waals surface area contributed by atoms with Crippen molar-refractivity contribution < 1.29 is 18.7 Å². The van der Waals surface area contributed by atoms with Crippen molar-refractivity contribution in [1.29, 1.82) is 0 Å². The summed E-state index contributed by atoms with van der Waals surface area (Å²) in [6.07, 6.45) is 5.21. The molecule has 2 fully saturated rings. The van der Waals surface area contributed by atoms with Gasteiger partial charge in [0.25, 0.3) is 5.91 Å². The molecule has 1 N–H and O–H groups in total. The van der Waals surface area contributed by atoms with Crippen LogP contribution in [0.1, 0.15) is 48.5 Å². The third-order valence-corrected chi connectivity index (χ3v) is 6.42. The van der Waals surface area contributed by atoms with Gasteiger partial charge in [0.15, 0.2) is 12.4 Å². The molecule has 1 amide bonds. The summed E-state index contributed by atoms with van der Waals surface area (Å²) in [5, 5.41) is 3.08. The number of halogens is 1. The minimum Gasteiger partial charge on any atom is -0.484 e. The van der Waals surface area contributed by atoms with E-state index in [1.165, 1.54) is 49.9 Å². The second kappa shape index (κ2) is 8.36. The van der Waals surface area contributed by atoms with Crippen LogP contribution >= 0.6 is 0 Å². The standard InChI is InChI=1S/C24H26FNO3/c1-15(22-13-16-2-3-19(22)12-16)26-23(27)14-29-21-10-6-18(7-11-21)24(28)17-4-8-20(25)9-5-17/h4-11,15-16,19,22H,2-3,12-14H2,1H3,(H,26,27)/t15-,16-,19-,22-/m0/s1. The Morgan fingerprint density at radius 2 is 1.69 bits per heavy atom. The Labute approximate surface area is 170 Å². The van der Waals surface area contributed by atoms with E-state index in [0.717, 1.165) is 11.8 Å². The van der Waals surface area contributed by atoms with E-state index in [-0.39, 0.29) is 30.2 Å². The number of fused-ring (bicyclic) bond motifs is 2. The van der Waals surface area contributed by atoms with E-state index in [9.17, 15) is 14.0 Å². The van der Waals surface area contributed by atoms with E-state index in [1.807, 2.05) is 0 Å². The van der Waals surface area contributed by atoms with E-state index in [2.05, 4.69) is 12.2 Å². The summed E-state index contributed by atoms with van der Waals surface area (Å²) in [4.78, 5) is 24.7. The highest BCUT2D eigenvalue weighted by Crippen LogP contribution is 2.49. The smallest absolute Gasteiger partial charge is 0.258 e. The molecule has 2 aliphatic carbocycles. The van der Waals surface area contributed by atoms with Crippen molar-refractivity contribution in [2.24, 2.45) is 17.8 Å². The van der Waals surface area contributed by atoms with Gasteiger partial charge in [0.05, 0.1) is 0 Å². The molecule has 4 nitrogen and oxygen atoms in total. The lowest BCUT2D eigenvalue weighted by Crippen LogP contribution is -2.42. The molecule has 2 bridgehead atoms. The second-order valence-electron chi connectivity index (χ2n) is 8.34. The molecule has 0 spiro atoms. The highest BCUT2D eigenvalue weighted by atomic mass is 19.1. The van der Waals surface area contributed by atoms with Crippen molar-refractivity contribution in [3.05, 3.63) is 65.5 Å². The fraction of sp³-hybridized carbons (Fsp3) is 0.417. The summed E-state index contributed by atoms with van der Waals surface area (Å²) in [6, 6.07) is 12.3. The van der Waals surface area contributed by atoms with Crippen LogP contribution in [0.15, 0.2) is 48.5 Å². The van der Waals surface area contributed by atoms with Crippen molar-refractivity contribution in [2.75, 3.05) is 6.61 Å². The molecule has 2 aromatic carbocycles. The summed E-state index contributed by atoms with van der Waals surface area (Å²) in [5.41, 5.74) is 0.910. The number of amides is 1. The zero-order valence-corrected chi connectivity index (χ0v) is 16.6. The molecule has 0 unspecified atom stereocenters. The van der Waals surface area contributed by atoms with Gasteiger partial charge in [-0.15, -0.1) is 0 Å². The number of ether oxygens (including phenoxy) is 1. The molecule has 0 aliphatic heterocycles. The van der Waals surface area contributed by atoms with E-state index in [1.54, 1.807) is 24.3 Å². The van der Waals surface area contributed by atoms with Crippen LogP contribution in [0.2, 0.25) is 0 Å². The summed E-state index contributed by atoms with van der Waals surface area (Å²) in [7, 11) is 0. The summed E-state index contributed by atoms with van der Waals surface area (Å²) in [6.45, 7) is 2.05. The first-order valence-electron chi connectivity index (χ1n) is 10.3. The minimum atomic E-state index is -0.377. The van der Waals surface area contributed by atoms with E-state index in [0.29, 0.717) is 22.8 Å². The van der Waals surface area contributed by atoms with Crippen LogP contribution in [-0.2, 0) is 4.79 Å². The third kappa shape index (κ3) is 4.50. The average Bonchev–Trinajstić information content (AvgIpc) is 3.36. The Balaban J connectivity index is 1.27. The van der Waals surface area contributed by atoms with Gasteiger partial charge >= 0.3 is 0 Å². The number of hydrogen-bond acceptors (Lipinski definition) is 3. The first-order chi connectivity index (χ1) is 14.0. The van der Waals surface area contributed by atoms with Gasteiger partial charge < -0.3 is 10.1 Å². The molecule has 2 aliphatic rings. The van der Waals surface area contributed by atoms with Gasteiger partial charge in [0.1, 0.15) is 11.6 Å². The topological polar surface area (TPSA) is 55.4 Å². The maximum absolute atomic E-state index is 13.0. The number of benzene rings is 2. The van der Waals surface area contributed by atoms with Crippen LogP contribution in [0, 0.1) is 23.6 Å². The van der Waals surface area contributed by atoms with E-state index >= 15 is 0 Å². The molecule has 5 heteroatoms. The molecule has 152 valence electrons. The van der Waals surface area contributed by atoms with Gasteiger partial charge in [0.2, 0.25) is 0 Å². The van der Waals surface area contributed by atoms with Crippen LogP contribution in [0.3, 0.4) is 0 Å². The fourth-order valence-electron chi connectivity index (χ4n) is 4.93. The number of nitrogens with one attached hydrogen (secondary N) is 1. The van der Waals surface area contributed by atoms with E-state index < -0.39 is 0 Å². The van der Waals surface area contributed by atoms with Gasteiger partial charge in [-0.05, 0) is 92.5 Å². The van der Waals surface area contributed by atoms with Crippen LogP contribution < -0.4 is 10.1 Å². The number of carbonyl (C=O) groups excluding carboxylic acids is 2. The lowest BCUT2D eigenvalue weighted by Gasteiger charge is -2.28. The van der Waals surface area contributed by atoms with Gasteiger partial charge in [-0.3, -0.25) is 9.59 Å². The highest BCUT2D eigenvalue weighted by molar-refractivity contribution is 6.09. The Kier molecular flexibility index (Phi) is 5.65. The first-order valence-corrected chi connectivity index (χ1v) is 10.3. The Morgan fingerprint density at radius 1 is 1.03 bits per heavy atom. The van der Waals surface area contributed by atoms with Gasteiger partial charge in [0, 0.05) is 17.2 Å². The molecule has 0 aromatic heterocycles. The van der Waals surface area contributed by atoms with Gasteiger partial charge in [-0.2, -0.15) is 0 Å². The number of hydrogen-bond donors (Lipinski definition) is 1. The SMILES string of the molecule is C[C@H](NC(=O)COc1ccc(C(=O)c2ccc(F)cc2)cc1)[C@@H]1C[C@H]2CC[C@H]1C2. The second-order valence-corrected chi connectivity index (χ2v) is 8.34. The summed E-state index contributed by atoms with van der Waals surface area (Å²) in [5.74, 6) is 2.07. The van der Waals surface area contributed by atoms with Crippen LogP contribution in [0.5, 0.6) is 5.75 Å². The number of rotatable bonds is 7. The van der Waals surface area contributed by atoms with Crippen LogP contribution in [0.4, 0.5) is 4.39 Å². The summed E-state index contributed by atoms with van der Waals surface area (Å²) >= 11 is 0. The molecule has 2 aromatic rings. The molecule has 0 saturated heterocycles. The lowest BCUT2D eigenvalue weighted by atomic mass is 9.84. The van der Waals surface area contributed by atoms with Crippen molar-refractivity contribution >= 4 is 11.7 Å². The minimum absolute atomic E-state index is 0.0452. The van der Waals surface area contributed by atoms with Gasteiger partial charge in [-0.25, -0.2) is 4.39 Å². The average molecular weight is 395 g/mol. The van der Waals surface area contributed by atoms with Crippen molar-refractivity contribution in [2.45, 2.75) is 38.6 Å². The third-order valence-electron chi connectivity index (χ3n) is 6.42. The monoisotopic (exact) mass is 395 g/mol. The molecule has 4 rings (SSSR count). The predicted octanol–water partition coefficient (Wildman–Crippen LogP) is 4.38. The van der Waals surface area contributed by atoms with Crippen molar-refractivity contribution in [3.63, 3.8) is 0 Å². The Bertz CT molecular complexity index is 878. The van der Waals surface area contributed by atoms with Crippen LogP contribution in [-0.4, -0.2) is 24.3 Å². The Hall–Kier alpha value is -2.69. The zero-order valence-electron chi connectivity index (χ0n) is 16.6. The molecular weight excluding hydrogens is 369 g/mol. The number of carbonyl (C=O) groups is 2. The number of ketones is 1. The quantitative estimate of drug-likeness (QED) is 0.708. The maximum atomic E-state index is 13.0. The lowest BCUT2D eigenvalue weighted by molar-refractivity contribution is -0.124. The first kappa shape index (κ1) is 19.6. The molecule has 2 saturated carbocycles. The van der Waals surface area contributed by atoms with Crippen molar-refractivity contribution in [1.82, 2.24) is 5.32 Å². The largest absolute Gasteiger partial charge is 0.484 e. The van der Waals surface area contributed by atoms with Gasteiger partial charge in [-0.1, -0.05) is 6.42 Å². The van der Waals surface area contributed by atoms with E-state index in [4.69, 9.17) is 4.74 Å². The maximum Gasteiger partial charge on any atom is 0.258 e. The summed E-state index contributed by atoms with van der Waals surface area (Å²) < 4.78 is 18.6. The molecular formula is C24H26FNO3. The zero-order chi connectivity index (χ0) is 20.4. The normalized spacial score (nSPS) is 23.6. The van der Waals surface area contributed by atoms with Crippen LogP contribution in [0.25, 0.3) is 0 Å². The highest BCUT2D eigenvalue weighted by Gasteiger charge is 2.42. The Morgan fingerprint density at radius 3 is 2.28 bits per heavy atom.